The molecule has 5 nitrogen and oxygen atoms in total. The predicted octanol–water partition coefficient (Wildman–Crippen LogP) is 5.32. The minimum Gasteiger partial charge on any atom is -0.497 e. The molecule has 1 aliphatic heterocycles. The Morgan fingerprint density at radius 1 is 1.12 bits per heavy atom. The Morgan fingerprint density at radius 2 is 1.79 bits per heavy atom. The minimum absolute atomic E-state index is 0.0405. The van der Waals surface area contributed by atoms with Crippen LogP contribution in [0.25, 0.3) is 0 Å². The lowest BCUT2D eigenvalue weighted by molar-refractivity contribution is -0.134. The Kier molecular flexibility index (Phi) is 8.79. The summed E-state index contributed by atoms with van der Waals surface area (Å²) in [6.07, 6.45) is 3.05. The second kappa shape index (κ2) is 11.6. The molecule has 1 heterocycles. The Labute approximate surface area is 202 Å². The first-order chi connectivity index (χ1) is 15.8. The smallest absolute Gasteiger partial charge is 0.253 e. The van der Waals surface area contributed by atoms with Gasteiger partial charge in [-0.3, -0.25) is 9.59 Å². The van der Waals surface area contributed by atoms with Crippen molar-refractivity contribution in [2.24, 2.45) is 11.8 Å². The largest absolute Gasteiger partial charge is 0.497 e. The first kappa shape index (κ1) is 25.1. The van der Waals surface area contributed by atoms with Crippen LogP contribution in [0.2, 0.25) is 5.02 Å². The standard InChI is InChI=1S/C27H35ClN2O3/c1-19(2)16-26(31)29(3)25(18-20-6-5-7-24(17-20)33-4)21-12-14-30(15-13-21)27(32)22-8-10-23(28)11-9-22/h5-11,17,19,21,25H,12-16,18H2,1-4H3/t25-/m0/s1. The van der Waals surface area contributed by atoms with Crippen LogP contribution >= 0.6 is 11.6 Å². The van der Waals surface area contributed by atoms with Crippen molar-refractivity contribution in [3.63, 3.8) is 0 Å². The van der Waals surface area contributed by atoms with Gasteiger partial charge in [-0.05, 0) is 73.1 Å². The summed E-state index contributed by atoms with van der Waals surface area (Å²) in [7, 11) is 3.60. The molecule has 0 aromatic heterocycles. The van der Waals surface area contributed by atoms with Crippen LogP contribution in [0, 0.1) is 11.8 Å². The van der Waals surface area contributed by atoms with Gasteiger partial charge in [0.2, 0.25) is 5.91 Å². The zero-order valence-corrected chi connectivity index (χ0v) is 20.8. The van der Waals surface area contributed by atoms with Gasteiger partial charge in [-0.15, -0.1) is 0 Å². The molecule has 1 saturated heterocycles. The maximum Gasteiger partial charge on any atom is 0.253 e. The average molecular weight is 471 g/mol. The molecular weight excluding hydrogens is 436 g/mol. The SMILES string of the molecule is COc1cccc(C[C@@H](C2CCN(C(=O)c3ccc(Cl)cc3)CC2)N(C)C(=O)CC(C)C)c1. The molecule has 0 unspecified atom stereocenters. The summed E-state index contributed by atoms with van der Waals surface area (Å²) in [5.74, 6) is 1.69. The highest BCUT2D eigenvalue weighted by atomic mass is 35.5. The fourth-order valence-electron chi connectivity index (χ4n) is 4.60. The van der Waals surface area contributed by atoms with Crippen LogP contribution < -0.4 is 4.74 Å². The minimum atomic E-state index is 0.0405. The first-order valence-corrected chi connectivity index (χ1v) is 12.1. The van der Waals surface area contributed by atoms with E-state index in [4.69, 9.17) is 16.3 Å². The molecule has 6 heteroatoms. The second-order valence-electron chi connectivity index (χ2n) is 9.36. The van der Waals surface area contributed by atoms with Gasteiger partial charge in [-0.2, -0.15) is 0 Å². The number of likely N-dealkylation sites (tertiary alicyclic amines) is 1. The summed E-state index contributed by atoms with van der Waals surface area (Å²) < 4.78 is 5.40. The number of halogens is 1. The van der Waals surface area contributed by atoms with E-state index in [0.29, 0.717) is 41.9 Å². The summed E-state index contributed by atoms with van der Waals surface area (Å²) in [5.41, 5.74) is 1.82. The molecular formula is C27H35ClN2O3. The van der Waals surface area contributed by atoms with Crippen LogP contribution in [0.5, 0.6) is 5.75 Å². The molecule has 3 rings (SSSR count). The van der Waals surface area contributed by atoms with Gasteiger partial charge < -0.3 is 14.5 Å². The van der Waals surface area contributed by atoms with Crippen LogP contribution in [-0.2, 0) is 11.2 Å². The molecule has 1 aliphatic rings. The fourth-order valence-corrected chi connectivity index (χ4v) is 4.73. The summed E-state index contributed by atoms with van der Waals surface area (Å²) in [4.78, 5) is 29.7. The number of benzene rings is 2. The first-order valence-electron chi connectivity index (χ1n) is 11.7. The van der Waals surface area contributed by atoms with Crippen molar-refractivity contribution in [3.8, 4) is 5.75 Å². The molecule has 1 atom stereocenters. The number of likely N-dealkylation sites (N-methyl/N-ethyl adjacent to an activating group) is 1. The lowest BCUT2D eigenvalue weighted by Crippen LogP contribution is -2.48. The Bertz CT molecular complexity index is 937. The average Bonchev–Trinajstić information content (AvgIpc) is 2.82. The van der Waals surface area contributed by atoms with Crippen molar-refractivity contribution < 1.29 is 14.3 Å². The van der Waals surface area contributed by atoms with Crippen molar-refractivity contribution in [3.05, 3.63) is 64.7 Å². The maximum absolute atomic E-state index is 13.0. The number of nitrogens with zero attached hydrogens (tertiary/aromatic N) is 2. The number of rotatable bonds is 8. The number of hydrogen-bond donors (Lipinski definition) is 0. The summed E-state index contributed by atoms with van der Waals surface area (Å²) in [5, 5.41) is 0.625. The topological polar surface area (TPSA) is 49.9 Å². The van der Waals surface area contributed by atoms with Crippen molar-refractivity contribution >= 4 is 23.4 Å². The lowest BCUT2D eigenvalue weighted by Gasteiger charge is -2.40. The van der Waals surface area contributed by atoms with Gasteiger partial charge >= 0.3 is 0 Å². The summed E-state index contributed by atoms with van der Waals surface area (Å²) >= 11 is 5.96. The van der Waals surface area contributed by atoms with E-state index in [9.17, 15) is 9.59 Å². The van der Waals surface area contributed by atoms with Crippen LogP contribution in [0.1, 0.15) is 49.0 Å². The highest BCUT2D eigenvalue weighted by Gasteiger charge is 2.33. The Balaban J connectivity index is 1.72. The number of hydrogen-bond acceptors (Lipinski definition) is 3. The molecule has 1 fully saturated rings. The molecule has 2 aromatic carbocycles. The molecule has 0 spiro atoms. The fraction of sp³-hybridized carbons (Fsp3) is 0.481. The van der Waals surface area contributed by atoms with Crippen LogP contribution in [-0.4, -0.2) is 54.9 Å². The number of piperidine rings is 1. The van der Waals surface area contributed by atoms with Crippen molar-refractivity contribution in [1.29, 1.82) is 0 Å². The second-order valence-corrected chi connectivity index (χ2v) is 9.80. The summed E-state index contributed by atoms with van der Waals surface area (Å²) in [6, 6.07) is 15.2. The van der Waals surface area contributed by atoms with Gasteiger partial charge in [0.25, 0.3) is 5.91 Å². The Morgan fingerprint density at radius 3 is 2.39 bits per heavy atom. The van der Waals surface area contributed by atoms with Gasteiger partial charge in [-0.25, -0.2) is 0 Å². The monoisotopic (exact) mass is 470 g/mol. The van der Waals surface area contributed by atoms with Crippen LogP contribution in [0.3, 0.4) is 0 Å². The molecule has 33 heavy (non-hydrogen) atoms. The number of ether oxygens (including phenoxy) is 1. The van der Waals surface area contributed by atoms with Gasteiger partial charge in [0.15, 0.2) is 0 Å². The normalized spacial score (nSPS) is 15.4. The van der Waals surface area contributed by atoms with E-state index in [-0.39, 0.29) is 17.9 Å². The number of methoxy groups -OCH3 is 1. The predicted molar refractivity (Wildman–Crippen MR) is 133 cm³/mol. The number of carbonyl (C=O) groups excluding carboxylic acids is 2. The summed E-state index contributed by atoms with van der Waals surface area (Å²) in [6.45, 7) is 5.52. The zero-order valence-electron chi connectivity index (χ0n) is 20.1. The highest BCUT2D eigenvalue weighted by Crippen LogP contribution is 2.29. The van der Waals surface area contributed by atoms with Gasteiger partial charge in [0, 0.05) is 43.2 Å². The van der Waals surface area contributed by atoms with E-state index >= 15 is 0 Å². The van der Waals surface area contributed by atoms with E-state index < -0.39 is 0 Å². The van der Waals surface area contributed by atoms with E-state index in [0.717, 1.165) is 30.6 Å². The third-order valence-corrected chi connectivity index (χ3v) is 6.77. The van der Waals surface area contributed by atoms with Gasteiger partial charge in [-0.1, -0.05) is 37.6 Å². The van der Waals surface area contributed by atoms with Crippen molar-refractivity contribution in [2.75, 3.05) is 27.2 Å². The third-order valence-electron chi connectivity index (χ3n) is 6.51. The van der Waals surface area contributed by atoms with E-state index in [1.165, 1.54) is 0 Å². The lowest BCUT2D eigenvalue weighted by atomic mass is 9.84. The molecule has 178 valence electrons. The van der Waals surface area contributed by atoms with Gasteiger partial charge in [0.1, 0.15) is 5.75 Å². The van der Waals surface area contributed by atoms with E-state index in [1.54, 1.807) is 31.4 Å². The molecule has 0 N–H and O–H groups in total. The van der Waals surface area contributed by atoms with Crippen molar-refractivity contribution in [1.82, 2.24) is 9.80 Å². The highest BCUT2D eigenvalue weighted by molar-refractivity contribution is 6.30. The quantitative estimate of drug-likeness (QED) is 0.524. The van der Waals surface area contributed by atoms with E-state index in [1.807, 2.05) is 35.0 Å². The molecule has 0 aliphatic carbocycles. The third kappa shape index (κ3) is 6.73. The van der Waals surface area contributed by atoms with Crippen LogP contribution in [0.4, 0.5) is 0 Å². The zero-order chi connectivity index (χ0) is 24.0. The maximum atomic E-state index is 13.0. The molecule has 2 aromatic rings. The van der Waals surface area contributed by atoms with Crippen molar-refractivity contribution in [2.45, 2.75) is 45.6 Å². The molecule has 2 amide bonds. The van der Waals surface area contributed by atoms with Crippen LogP contribution in [0.15, 0.2) is 48.5 Å². The van der Waals surface area contributed by atoms with Gasteiger partial charge in [0.05, 0.1) is 7.11 Å². The Hall–Kier alpha value is -2.53. The molecule has 0 radical (unpaired) electrons. The number of amides is 2. The number of carbonyl (C=O) groups is 2. The molecule has 0 saturated carbocycles. The molecule has 0 bridgehead atoms. The van der Waals surface area contributed by atoms with E-state index in [2.05, 4.69) is 19.9 Å².